The van der Waals surface area contributed by atoms with Crippen LogP contribution in [0.25, 0.3) is 11.1 Å². The molecule has 2 aromatic rings. The number of rotatable bonds is 5. The normalized spacial score (nSPS) is 21.7. The molecule has 0 saturated carbocycles. The van der Waals surface area contributed by atoms with E-state index in [1.165, 1.54) is 30.5 Å². The highest BCUT2D eigenvalue weighted by Gasteiger charge is 2.33. The number of aliphatic hydroxyl groups excluding tert-OH is 1. The fourth-order valence-corrected chi connectivity index (χ4v) is 3.72. The molecule has 1 heterocycles. The van der Waals surface area contributed by atoms with Crippen molar-refractivity contribution < 1.29 is 28.8 Å². The molecule has 5 nitrogen and oxygen atoms in total. The van der Waals surface area contributed by atoms with E-state index >= 15 is 0 Å². The number of hydrogen-bond acceptors (Lipinski definition) is 5. The molecule has 154 valence electrons. The van der Waals surface area contributed by atoms with Gasteiger partial charge in [0.05, 0.1) is 6.10 Å². The van der Waals surface area contributed by atoms with Gasteiger partial charge in [0.2, 0.25) is 5.88 Å². The number of phenols is 2. The molecule has 1 aromatic carbocycles. The Morgan fingerprint density at radius 2 is 1.86 bits per heavy atom. The molecule has 0 amide bonds. The van der Waals surface area contributed by atoms with Crippen LogP contribution in [0.15, 0.2) is 54.3 Å². The molecule has 7 heteroatoms. The van der Waals surface area contributed by atoms with Gasteiger partial charge in [-0.3, -0.25) is 0 Å². The first-order chi connectivity index (χ1) is 13.7. The SMILES string of the molecule is C=C(C)C1CC(O)C(C)=CC1c1c(O)cc(-c2ccc(OC(F)F)nc2)cc1O. The third-order valence-corrected chi connectivity index (χ3v) is 5.26. The summed E-state index contributed by atoms with van der Waals surface area (Å²) in [6.07, 6.45) is 3.04. The van der Waals surface area contributed by atoms with Gasteiger partial charge in [-0.2, -0.15) is 8.78 Å². The van der Waals surface area contributed by atoms with Crippen LogP contribution in [0, 0.1) is 5.92 Å². The van der Waals surface area contributed by atoms with Gasteiger partial charge in [0.1, 0.15) is 11.5 Å². The zero-order valence-corrected chi connectivity index (χ0v) is 16.1. The lowest BCUT2D eigenvalue weighted by Gasteiger charge is -2.34. The lowest BCUT2D eigenvalue weighted by Crippen LogP contribution is -2.26. The van der Waals surface area contributed by atoms with Crippen molar-refractivity contribution in [1.82, 2.24) is 4.98 Å². The number of alkyl halides is 2. The summed E-state index contributed by atoms with van der Waals surface area (Å²) in [5.41, 5.74) is 2.97. The predicted octanol–water partition coefficient (Wildman–Crippen LogP) is 4.75. The van der Waals surface area contributed by atoms with Crippen molar-refractivity contribution in [3.8, 4) is 28.5 Å². The molecule has 1 aliphatic carbocycles. The summed E-state index contributed by atoms with van der Waals surface area (Å²) < 4.78 is 28.7. The van der Waals surface area contributed by atoms with Crippen LogP contribution in [0.1, 0.15) is 31.7 Å². The number of nitrogens with zero attached hydrogens (tertiary/aromatic N) is 1. The molecule has 29 heavy (non-hydrogen) atoms. The molecule has 3 N–H and O–H groups in total. The molecule has 1 aromatic heterocycles. The quantitative estimate of drug-likeness (QED) is 0.628. The maximum atomic E-state index is 12.3. The lowest BCUT2D eigenvalue weighted by molar-refractivity contribution is -0.0528. The van der Waals surface area contributed by atoms with E-state index < -0.39 is 12.7 Å². The molecule has 0 bridgehead atoms. The lowest BCUT2D eigenvalue weighted by atomic mass is 9.72. The molecular weight excluding hydrogens is 380 g/mol. The number of ether oxygens (including phenoxy) is 1. The van der Waals surface area contributed by atoms with E-state index in [2.05, 4.69) is 16.3 Å². The third-order valence-electron chi connectivity index (χ3n) is 5.26. The number of aromatic hydroxyl groups is 2. The second-order valence-corrected chi connectivity index (χ2v) is 7.33. The Morgan fingerprint density at radius 1 is 1.21 bits per heavy atom. The number of halogens is 2. The number of aromatic nitrogens is 1. The smallest absolute Gasteiger partial charge is 0.388 e. The molecule has 0 spiro atoms. The fraction of sp³-hybridized carbons (Fsp3) is 0.318. The summed E-state index contributed by atoms with van der Waals surface area (Å²) in [7, 11) is 0. The Hall–Kier alpha value is -2.93. The van der Waals surface area contributed by atoms with Crippen molar-refractivity contribution in [3.63, 3.8) is 0 Å². The van der Waals surface area contributed by atoms with Gasteiger partial charge in [0.15, 0.2) is 0 Å². The fourth-order valence-electron chi connectivity index (χ4n) is 3.72. The van der Waals surface area contributed by atoms with E-state index in [1.54, 1.807) is 0 Å². The zero-order valence-electron chi connectivity index (χ0n) is 16.1. The first-order valence-corrected chi connectivity index (χ1v) is 9.16. The first-order valence-electron chi connectivity index (χ1n) is 9.16. The summed E-state index contributed by atoms with van der Waals surface area (Å²) in [4.78, 5) is 3.81. The van der Waals surface area contributed by atoms with Gasteiger partial charge < -0.3 is 20.1 Å². The van der Waals surface area contributed by atoms with E-state index in [4.69, 9.17) is 0 Å². The molecule has 0 fully saturated rings. The van der Waals surface area contributed by atoms with Gasteiger partial charge in [0.25, 0.3) is 0 Å². The molecule has 3 rings (SSSR count). The Labute approximate surface area is 167 Å². The van der Waals surface area contributed by atoms with Crippen LogP contribution >= 0.6 is 0 Å². The van der Waals surface area contributed by atoms with Gasteiger partial charge in [-0.25, -0.2) is 4.98 Å². The third kappa shape index (κ3) is 4.40. The van der Waals surface area contributed by atoms with Crippen molar-refractivity contribution >= 4 is 0 Å². The molecule has 1 aliphatic rings. The van der Waals surface area contributed by atoms with Crippen molar-refractivity contribution in [2.24, 2.45) is 5.92 Å². The maximum Gasteiger partial charge on any atom is 0.388 e. The zero-order chi connectivity index (χ0) is 21.3. The summed E-state index contributed by atoms with van der Waals surface area (Å²) in [5.74, 6) is -0.901. The second-order valence-electron chi connectivity index (χ2n) is 7.33. The van der Waals surface area contributed by atoms with Crippen LogP contribution in [0.2, 0.25) is 0 Å². The molecular formula is C22H23F2NO4. The van der Waals surface area contributed by atoms with Gasteiger partial charge in [-0.1, -0.05) is 18.2 Å². The van der Waals surface area contributed by atoms with Crippen LogP contribution in [0.5, 0.6) is 17.4 Å². The minimum atomic E-state index is -2.97. The second kappa shape index (κ2) is 8.21. The average molecular weight is 403 g/mol. The number of aliphatic hydroxyl groups is 1. The highest BCUT2D eigenvalue weighted by molar-refractivity contribution is 5.69. The van der Waals surface area contributed by atoms with Crippen LogP contribution in [0.4, 0.5) is 8.78 Å². The highest BCUT2D eigenvalue weighted by Crippen LogP contribution is 2.47. The number of benzene rings is 1. The number of pyridine rings is 1. The van der Waals surface area contributed by atoms with E-state index in [0.717, 1.165) is 11.1 Å². The number of hydrogen-bond donors (Lipinski definition) is 3. The van der Waals surface area contributed by atoms with Crippen molar-refractivity contribution in [1.29, 1.82) is 0 Å². The van der Waals surface area contributed by atoms with Gasteiger partial charge in [0, 0.05) is 29.3 Å². The summed E-state index contributed by atoms with van der Waals surface area (Å²) in [6, 6.07) is 5.78. The topological polar surface area (TPSA) is 82.8 Å². The summed E-state index contributed by atoms with van der Waals surface area (Å²) >= 11 is 0. The van der Waals surface area contributed by atoms with E-state index in [9.17, 15) is 24.1 Å². The van der Waals surface area contributed by atoms with Crippen LogP contribution in [-0.2, 0) is 0 Å². The summed E-state index contributed by atoms with van der Waals surface area (Å²) in [6.45, 7) is 4.69. The Balaban J connectivity index is 1.98. The van der Waals surface area contributed by atoms with Crippen LogP contribution < -0.4 is 4.74 Å². The van der Waals surface area contributed by atoms with Gasteiger partial charge in [-0.05, 0) is 55.5 Å². The minimum Gasteiger partial charge on any atom is -0.507 e. The molecule has 0 saturated heterocycles. The number of allylic oxidation sites excluding steroid dienone is 2. The average Bonchev–Trinajstić information content (AvgIpc) is 2.63. The Morgan fingerprint density at radius 3 is 2.38 bits per heavy atom. The standard InChI is InChI=1S/C22H23F2NO4/c1-11(2)15-9-17(26)12(3)6-16(15)21-18(27)7-14(8-19(21)28)13-4-5-20(25-10-13)29-22(23)24/h4-8,10,15-17,22,26-28H,1,9H2,2-3H3. The van der Waals surface area contributed by atoms with Gasteiger partial charge >= 0.3 is 6.61 Å². The minimum absolute atomic E-state index is 0.107. The van der Waals surface area contributed by atoms with E-state index in [0.29, 0.717) is 23.1 Å². The molecule has 3 unspecified atom stereocenters. The monoisotopic (exact) mass is 403 g/mol. The molecule has 0 aliphatic heterocycles. The van der Waals surface area contributed by atoms with E-state index in [-0.39, 0.29) is 29.2 Å². The van der Waals surface area contributed by atoms with Gasteiger partial charge in [-0.15, -0.1) is 0 Å². The maximum absolute atomic E-state index is 12.3. The number of phenolic OH excluding ortho intramolecular Hbond substituents is 2. The van der Waals surface area contributed by atoms with Crippen LogP contribution in [-0.4, -0.2) is 33.0 Å². The molecule has 3 atom stereocenters. The predicted molar refractivity (Wildman–Crippen MR) is 105 cm³/mol. The highest BCUT2D eigenvalue weighted by atomic mass is 19.3. The Kier molecular flexibility index (Phi) is 5.88. The van der Waals surface area contributed by atoms with Crippen molar-refractivity contribution in [2.75, 3.05) is 0 Å². The first kappa shape index (κ1) is 20.8. The largest absolute Gasteiger partial charge is 0.507 e. The summed E-state index contributed by atoms with van der Waals surface area (Å²) in [5, 5.41) is 31.5. The molecule has 0 radical (unpaired) electrons. The Bertz CT molecular complexity index is 917. The van der Waals surface area contributed by atoms with Crippen molar-refractivity contribution in [2.45, 2.75) is 38.9 Å². The van der Waals surface area contributed by atoms with E-state index in [1.807, 2.05) is 19.9 Å². The van der Waals surface area contributed by atoms with Crippen molar-refractivity contribution in [3.05, 3.63) is 59.8 Å². The van der Waals surface area contributed by atoms with Crippen LogP contribution in [0.3, 0.4) is 0 Å².